The highest BCUT2D eigenvalue weighted by atomic mass is 19.1. The Morgan fingerprint density at radius 3 is 3.08 bits per heavy atom. The van der Waals surface area contributed by atoms with E-state index in [0.29, 0.717) is 0 Å². The second-order valence-electron chi connectivity index (χ2n) is 3.39. The zero-order valence-corrected chi connectivity index (χ0v) is 7.44. The van der Waals surface area contributed by atoms with Crippen LogP contribution in [0.4, 0.5) is 10.1 Å². The Balaban J connectivity index is 2.48. The van der Waals surface area contributed by atoms with Crippen LogP contribution in [0.5, 0.6) is 0 Å². The summed E-state index contributed by atoms with van der Waals surface area (Å²) in [5, 5.41) is 3.24. The molecule has 70 valence electrons. The number of hydrogen-bond donors (Lipinski definition) is 2. The Kier molecular flexibility index (Phi) is 2.19. The lowest BCUT2D eigenvalue weighted by Crippen LogP contribution is -2.12. The maximum Gasteiger partial charge on any atom is 0.149 e. The lowest BCUT2D eigenvalue weighted by molar-refractivity contribution is 0.610. The number of anilines is 1. The molecule has 1 aromatic carbocycles. The molecular weight excluding hydrogens is 167 g/mol. The van der Waals surface area contributed by atoms with Crippen molar-refractivity contribution in [3.8, 4) is 0 Å². The second kappa shape index (κ2) is 3.34. The molecule has 0 aromatic heterocycles. The van der Waals surface area contributed by atoms with E-state index in [1.165, 1.54) is 0 Å². The monoisotopic (exact) mass is 180 g/mol. The van der Waals surface area contributed by atoms with Gasteiger partial charge in [-0.05, 0) is 36.6 Å². The molecule has 2 rings (SSSR count). The Morgan fingerprint density at radius 2 is 2.23 bits per heavy atom. The second-order valence-corrected chi connectivity index (χ2v) is 3.39. The molecule has 0 aliphatic carbocycles. The largest absolute Gasteiger partial charge is 0.396 e. The topological polar surface area (TPSA) is 38.0 Å². The normalized spacial score (nSPS) is 16.4. The zero-order valence-electron chi connectivity index (χ0n) is 7.44. The molecule has 0 saturated carbocycles. The van der Waals surface area contributed by atoms with Crippen LogP contribution in [-0.4, -0.2) is 6.54 Å². The van der Waals surface area contributed by atoms with Crippen molar-refractivity contribution < 1.29 is 4.39 Å². The third-order valence-corrected chi connectivity index (χ3v) is 2.47. The first-order chi connectivity index (χ1) is 6.29. The van der Waals surface area contributed by atoms with Crippen molar-refractivity contribution in [3.05, 3.63) is 29.1 Å². The molecule has 13 heavy (non-hydrogen) atoms. The van der Waals surface area contributed by atoms with E-state index in [1.54, 1.807) is 6.07 Å². The maximum absolute atomic E-state index is 13.5. The summed E-state index contributed by atoms with van der Waals surface area (Å²) in [6.07, 6.45) is 1.77. The van der Waals surface area contributed by atoms with Crippen molar-refractivity contribution in [1.29, 1.82) is 0 Å². The summed E-state index contributed by atoms with van der Waals surface area (Å²) in [4.78, 5) is 0. The van der Waals surface area contributed by atoms with E-state index in [9.17, 15) is 4.39 Å². The lowest BCUT2D eigenvalue weighted by atomic mass is 10.0. The highest BCUT2D eigenvalue weighted by Crippen LogP contribution is 2.22. The quantitative estimate of drug-likeness (QED) is 0.593. The summed E-state index contributed by atoms with van der Waals surface area (Å²) in [6.45, 7) is 1.71. The van der Waals surface area contributed by atoms with Crippen LogP contribution < -0.4 is 11.1 Å². The van der Waals surface area contributed by atoms with Gasteiger partial charge in [0, 0.05) is 6.54 Å². The van der Waals surface area contributed by atoms with Gasteiger partial charge in [0.05, 0.1) is 5.69 Å². The van der Waals surface area contributed by atoms with Gasteiger partial charge in [-0.1, -0.05) is 6.07 Å². The van der Waals surface area contributed by atoms with Crippen LogP contribution in [0.15, 0.2) is 12.1 Å². The predicted molar refractivity (Wildman–Crippen MR) is 50.8 cm³/mol. The molecule has 0 bridgehead atoms. The molecule has 0 radical (unpaired) electrons. The molecule has 2 nitrogen and oxygen atoms in total. The number of halogens is 1. The number of nitrogens with two attached hydrogens (primary N) is 1. The predicted octanol–water partition coefficient (Wildman–Crippen LogP) is 1.44. The summed E-state index contributed by atoms with van der Waals surface area (Å²) in [7, 11) is 0. The van der Waals surface area contributed by atoms with Crippen LogP contribution in [0.2, 0.25) is 0 Å². The first kappa shape index (κ1) is 8.51. The van der Waals surface area contributed by atoms with Crippen molar-refractivity contribution in [2.75, 3.05) is 12.3 Å². The first-order valence-corrected chi connectivity index (χ1v) is 4.55. The summed E-state index contributed by atoms with van der Waals surface area (Å²) in [5.74, 6) is -0.221. The third kappa shape index (κ3) is 1.52. The van der Waals surface area contributed by atoms with Crippen molar-refractivity contribution in [3.63, 3.8) is 0 Å². The van der Waals surface area contributed by atoms with Gasteiger partial charge < -0.3 is 11.1 Å². The van der Waals surface area contributed by atoms with Gasteiger partial charge in [-0.2, -0.15) is 0 Å². The van der Waals surface area contributed by atoms with Crippen molar-refractivity contribution in [1.82, 2.24) is 5.32 Å². The minimum atomic E-state index is -0.221. The van der Waals surface area contributed by atoms with Crippen molar-refractivity contribution >= 4 is 5.69 Å². The SMILES string of the molecule is Nc1ccc2c(c1F)CCCNC2. The third-order valence-electron chi connectivity index (χ3n) is 2.47. The highest BCUT2D eigenvalue weighted by molar-refractivity contribution is 5.47. The van der Waals surface area contributed by atoms with Gasteiger partial charge in [-0.15, -0.1) is 0 Å². The van der Waals surface area contributed by atoms with Gasteiger partial charge in [0.1, 0.15) is 5.82 Å². The summed E-state index contributed by atoms with van der Waals surface area (Å²) in [6, 6.07) is 3.55. The van der Waals surface area contributed by atoms with Crippen LogP contribution >= 0.6 is 0 Å². The molecule has 0 spiro atoms. The molecular formula is C10H13FN2. The molecule has 3 N–H and O–H groups in total. The fourth-order valence-electron chi connectivity index (χ4n) is 1.73. The van der Waals surface area contributed by atoms with E-state index in [2.05, 4.69) is 5.32 Å². The van der Waals surface area contributed by atoms with E-state index >= 15 is 0 Å². The summed E-state index contributed by atoms with van der Waals surface area (Å²) < 4.78 is 13.5. The van der Waals surface area contributed by atoms with E-state index < -0.39 is 0 Å². The molecule has 1 aromatic rings. The standard InChI is InChI=1S/C10H13FN2/c11-10-8-2-1-5-13-6-7(8)3-4-9(10)12/h3-4,13H,1-2,5-6,12H2. The molecule has 3 heteroatoms. The Bertz CT molecular complexity index is 323. The Morgan fingerprint density at radius 1 is 1.38 bits per heavy atom. The Labute approximate surface area is 76.9 Å². The first-order valence-electron chi connectivity index (χ1n) is 4.55. The summed E-state index contributed by atoms with van der Waals surface area (Å²) in [5.41, 5.74) is 7.61. The highest BCUT2D eigenvalue weighted by Gasteiger charge is 2.13. The van der Waals surface area contributed by atoms with Gasteiger partial charge in [-0.25, -0.2) is 4.39 Å². The van der Waals surface area contributed by atoms with Gasteiger partial charge in [0.2, 0.25) is 0 Å². The molecule has 1 heterocycles. The molecule has 1 aliphatic rings. The molecule has 0 amide bonds. The van der Waals surface area contributed by atoms with Crippen LogP contribution in [0.25, 0.3) is 0 Å². The van der Waals surface area contributed by atoms with Crippen LogP contribution in [0.1, 0.15) is 17.5 Å². The smallest absolute Gasteiger partial charge is 0.149 e. The summed E-state index contributed by atoms with van der Waals surface area (Å²) >= 11 is 0. The molecule has 0 saturated heterocycles. The molecule has 0 unspecified atom stereocenters. The number of nitrogen functional groups attached to an aromatic ring is 1. The van der Waals surface area contributed by atoms with Crippen LogP contribution in [-0.2, 0) is 13.0 Å². The van der Waals surface area contributed by atoms with Gasteiger partial charge >= 0.3 is 0 Å². The van der Waals surface area contributed by atoms with Gasteiger partial charge in [0.25, 0.3) is 0 Å². The van der Waals surface area contributed by atoms with Gasteiger partial charge in [0.15, 0.2) is 0 Å². The molecule has 1 aliphatic heterocycles. The number of fused-ring (bicyclic) bond motifs is 1. The number of rotatable bonds is 0. The zero-order chi connectivity index (χ0) is 9.26. The van der Waals surface area contributed by atoms with Crippen molar-refractivity contribution in [2.24, 2.45) is 0 Å². The lowest BCUT2D eigenvalue weighted by Gasteiger charge is -2.07. The van der Waals surface area contributed by atoms with E-state index in [4.69, 9.17) is 5.73 Å². The minimum absolute atomic E-state index is 0.221. The van der Waals surface area contributed by atoms with Crippen molar-refractivity contribution in [2.45, 2.75) is 19.4 Å². The number of hydrogen-bond acceptors (Lipinski definition) is 2. The van der Waals surface area contributed by atoms with E-state index in [0.717, 1.165) is 37.1 Å². The molecule has 0 fully saturated rings. The fraction of sp³-hybridized carbons (Fsp3) is 0.400. The number of benzene rings is 1. The van der Waals surface area contributed by atoms with Crippen LogP contribution in [0, 0.1) is 5.82 Å². The van der Waals surface area contributed by atoms with Crippen LogP contribution in [0.3, 0.4) is 0 Å². The van der Waals surface area contributed by atoms with E-state index in [-0.39, 0.29) is 11.5 Å². The Hall–Kier alpha value is -1.09. The average molecular weight is 180 g/mol. The molecule has 0 atom stereocenters. The maximum atomic E-state index is 13.5. The minimum Gasteiger partial charge on any atom is -0.396 e. The fourth-order valence-corrected chi connectivity index (χ4v) is 1.73. The van der Waals surface area contributed by atoms with Gasteiger partial charge in [-0.3, -0.25) is 0 Å². The average Bonchev–Trinajstić information content (AvgIpc) is 2.36. The number of nitrogens with one attached hydrogen (secondary N) is 1. The van der Waals surface area contributed by atoms with E-state index in [1.807, 2.05) is 6.07 Å².